The molecule has 23 valence electrons. The molecule has 0 aromatic rings. The van der Waals surface area contributed by atoms with Gasteiger partial charge in [0.05, 0.1) is 13.2 Å². The highest BCUT2D eigenvalue weighted by molar-refractivity contribution is 4.36. The van der Waals surface area contributed by atoms with Crippen LogP contribution in [0.15, 0.2) is 0 Å². The van der Waals surface area contributed by atoms with Crippen LogP contribution in [0.2, 0.25) is 0 Å². The molecule has 1 fully saturated rings. The maximum atomic E-state index is 4.50. The third-order valence-corrected chi connectivity index (χ3v) is 0.204. The number of hydrogen-bond donors (Lipinski definition) is 0. The Bertz CT molecular complexity index is 8.00. The van der Waals surface area contributed by atoms with Crippen LogP contribution in [0.25, 0.3) is 0 Å². The fourth-order valence-electron chi connectivity index (χ4n) is 0. The summed E-state index contributed by atoms with van der Waals surface area (Å²) in [6, 6.07) is 0. The zero-order valence-corrected chi connectivity index (χ0v) is 2.40. The molecular weight excluding hydrogens is 52.0 g/mol. The molecule has 0 unspecified atom stereocenters. The highest BCUT2D eigenvalue weighted by Crippen LogP contribution is 1.84. The molecule has 0 aliphatic carbocycles. The molecule has 0 aromatic heterocycles. The molecule has 1 aliphatic rings. The highest BCUT2D eigenvalue weighted by Gasteiger charge is 1.94. The van der Waals surface area contributed by atoms with E-state index in [4.69, 9.17) is 0 Å². The monoisotopic (exact) mass is 57.0 g/mol. The fourth-order valence-corrected chi connectivity index (χ4v) is 0. The van der Waals surface area contributed by atoms with Crippen molar-refractivity contribution in [3.63, 3.8) is 0 Å². The Morgan fingerprint density at radius 1 is 1.25 bits per heavy atom. The van der Waals surface area contributed by atoms with Gasteiger partial charge in [-0.2, -0.15) is 0 Å². The van der Waals surface area contributed by atoms with Crippen LogP contribution in [0.3, 0.4) is 0 Å². The Morgan fingerprint density at radius 2 is 1.50 bits per heavy atom. The lowest BCUT2D eigenvalue weighted by Crippen LogP contribution is -1.20. The highest BCUT2D eigenvalue weighted by atomic mass is 16.6. The van der Waals surface area contributed by atoms with Crippen molar-refractivity contribution in [3.8, 4) is 0 Å². The maximum absolute atomic E-state index is 4.50. The van der Waals surface area contributed by atoms with Crippen molar-refractivity contribution in [3.05, 3.63) is 7.43 Å². The molecule has 0 amide bonds. The first-order chi connectivity index (χ1) is 1.50. The van der Waals surface area contributed by atoms with Gasteiger partial charge in [-0.05, 0) is 7.43 Å². The molecule has 4 heavy (non-hydrogen) atoms. The SMILES string of the molecule is C1CO1.[CH]. The van der Waals surface area contributed by atoms with Crippen LogP contribution in [0.4, 0.5) is 0 Å². The Morgan fingerprint density at radius 3 is 1.50 bits per heavy atom. The lowest BCUT2D eigenvalue weighted by atomic mass is 11.0. The zero-order chi connectivity index (χ0) is 2.12. The van der Waals surface area contributed by atoms with E-state index >= 15 is 0 Å². The van der Waals surface area contributed by atoms with Gasteiger partial charge in [0, 0.05) is 0 Å². The molecule has 0 atom stereocenters. The Hall–Kier alpha value is -0.0400. The van der Waals surface area contributed by atoms with Gasteiger partial charge in [0.15, 0.2) is 0 Å². The van der Waals surface area contributed by atoms with E-state index in [1.165, 1.54) is 0 Å². The summed E-state index contributed by atoms with van der Waals surface area (Å²) in [6.07, 6.45) is 0. The second kappa shape index (κ2) is 1.30. The lowest BCUT2D eigenvalue weighted by molar-refractivity contribution is 0.475. The molecule has 1 aliphatic heterocycles. The lowest BCUT2D eigenvalue weighted by Gasteiger charge is -1.24. The molecular formula is C3H5O. The van der Waals surface area contributed by atoms with E-state index in [2.05, 4.69) is 4.74 Å². The third-order valence-electron chi connectivity index (χ3n) is 0.204. The molecule has 1 saturated heterocycles. The molecule has 1 nitrogen and oxygen atoms in total. The van der Waals surface area contributed by atoms with Crippen molar-refractivity contribution in [2.45, 2.75) is 0 Å². The molecule has 0 N–H and O–H groups in total. The molecule has 1 heterocycles. The first-order valence-corrected chi connectivity index (χ1v) is 1.08. The Balaban J connectivity index is 0.0000000900. The summed E-state index contributed by atoms with van der Waals surface area (Å²) in [5.74, 6) is 0. The van der Waals surface area contributed by atoms with Crippen LogP contribution in [0, 0.1) is 7.43 Å². The van der Waals surface area contributed by atoms with Gasteiger partial charge in [0.2, 0.25) is 0 Å². The van der Waals surface area contributed by atoms with E-state index in [-0.39, 0.29) is 7.43 Å². The summed E-state index contributed by atoms with van der Waals surface area (Å²) in [7, 11) is 0. The first kappa shape index (κ1) is 3.96. The van der Waals surface area contributed by atoms with Crippen molar-refractivity contribution in [2.75, 3.05) is 13.2 Å². The summed E-state index contributed by atoms with van der Waals surface area (Å²) < 4.78 is 4.50. The van der Waals surface area contributed by atoms with Crippen LogP contribution in [0.5, 0.6) is 0 Å². The topological polar surface area (TPSA) is 12.5 Å². The minimum atomic E-state index is 0. The summed E-state index contributed by atoms with van der Waals surface area (Å²) in [5.41, 5.74) is 0. The molecule has 3 radical (unpaired) electrons. The third kappa shape index (κ3) is 1.96. The predicted molar refractivity (Wildman–Crippen MR) is 15.1 cm³/mol. The van der Waals surface area contributed by atoms with E-state index in [1.807, 2.05) is 0 Å². The fraction of sp³-hybridized carbons (Fsp3) is 0.667. The van der Waals surface area contributed by atoms with Gasteiger partial charge >= 0.3 is 0 Å². The summed E-state index contributed by atoms with van der Waals surface area (Å²) in [4.78, 5) is 0. The molecule has 0 bridgehead atoms. The number of hydrogen-bond acceptors (Lipinski definition) is 1. The number of rotatable bonds is 0. The van der Waals surface area contributed by atoms with Crippen LogP contribution in [0.1, 0.15) is 0 Å². The van der Waals surface area contributed by atoms with Crippen molar-refractivity contribution in [2.24, 2.45) is 0 Å². The van der Waals surface area contributed by atoms with Crippen molar-refractivity contribution < 1.29 is 4.74 Å². The van der Waals surface area contributed by atoms with Gasteiger partial charge in [0.1, 0.15) is 0 Å². The Kier molecular flexibility index (Phi) is 1.28. The van der Waals surface area contributed by atoms with E-state index in [1.54, 1.807) is 0 Å². The number of ether oxygens (including phenoxy) is 1. The first-order valence-electron chi connectivity index (χ1n) is 1.08. The zero-order valence-electron chi connectivity index (χ0n) is 2.40. The minimum absolute atomic E-state index is 0. The molecule has 1 rings (SSSR count). The average Bonchev–Trinajstić information content (AvgIpc) is 1.46. The van der Waals surface area contributed by atoms with Gasteiger partial charge in [-0.3, -0.25) is 0 Å². The van der Waals surface area contributed by atoms with Crippen LogP contribution >= 0.6 is 0 Å². The summed E-state index contributed by atoms with van der Waals surface area (Å²) >= 11 is 0. The quantitative estimate of drug-likeness (QED) is 0.362. The second-order valence-corrected chi connectivity index (χ2v) is 0.612. The van der Waals surface area contributed by atoms with Crippen LogP contribution in [-0.4, -0.2) is 13.2 Å². The van der Waals surface area contributed by atoms with Gasteiger partial charge in [-0.25, -0.2) is 0 Å². The van der Waals surface area contributed by atoms with Crippen LogP contribution in [-0.2, 0) is 4.74 Å². The second-order valence-electron chi connectivity index (χ2n) is 0.612. The summed E-state index contributed by atoms with van der Waals surface area (Å²) in [5, 5.41) is 0. The minimum Gasteiger partial charge on any atom is -0.377 e. The maximum Gasteiger partial charge on any atom is 0.0701 e. The van der Waals surface area contributed by atoms with Gasteiger partial charge < -0.3 is 4.74 Å². The van der Waals surface area contributed by atoms with E-state index in [9.17, 15) is 0 Å². The molecule has 0 aromatic carbocycles. The van der Waals surface area contributed by atoms with E-state index in [0.29, 0.717) is 0 Å². The van der Waals surface area contributed by atoms with Gasteiger partial charge in [-0.15, -0.1) is 0 Å². The largest absolute Gasteiger partial charge is 0.377 e. The van der Waals surface area contributed by atoms with Crippen molar-refractivity contribution in [1.29, 1.82) is 0 Å². The standard InChI is InChI=1S/C2H4O.CH/c1-2-3-1;/h1-2H2;1H. The van der Waals surface area contributed by atoms with Gasteiger partial charge in [-0.1, -0.05) is 0 Å². The summed E-state index contributed by atoms with van der Waals surface area (Å²) in [6.45, 7) is 2.00. The van der Waals surface area contributed by atoms with Crippen molar-refractivity contribution >= 4 is 0 Å². The van der Waals surface area contributed by atoms with Crippen LogP contribution < -0.4 is 0 Å². The predicted octanol–water partition coefficient (Wildman–Crippen LogP) is 0.221. The molecule has 0 saturated carbocycles. The van der Waals surface area contributed by atoms with E-state index < -0.39 is 0 Å². The average molecular weight is 57.1 g/mol. The Labute approximate surface area is 26.6 Å². The van der Waals surface area contributed by atoms with Crippen molar-refractivity contribution in [1.82, 2.24) is 0 Å². The normalized spacial score (nSPS) is 18.0. The van der Waals surface area contributed by atoms with Gasteiger partial charge in [0.25, 0.3) is 0 Å². The molecule has 1 heteroatoms. The molecule has 0 spiro atoms. The smallest absolute Gasteiger partial charge is 0.0701 e. The number of epoxide rings is 1. The van der Waals surface area contributed by atoms with E-state index in [0.717, 1.165) is 13.2 Å².